The van der Waals surface area contributed by atoms with Crippen LogP contribution in [0, 0.1) is 5.92 Å². The standard InChI is InChI=1S/C13H27N3O4S/c1-10(2)8-11(3)20-13(17)16-7-5-4-6-12(16)9-15-21(14,18)19/h10-12,15H,4-9H2,1-3H3,(H2,14,18,19)/t11-,12-/m1/s1. The van der Waals surface area contributed by atoms with Gasteiger partial charge in [0.2, 0.25) is 0 Å². The maximum absolute atomic E-state index is 12.2. The van der Waals surface area contributed by atoms with Crippen molar-refractivity contribution in [3.63, 3.8) is 0 Å². The zero-order valence-corrected chi connectivity index (χ0v) is 13.9. The molecule has 8 heteroatoms. The zero-order chi connectivity index (χ0) is 16.0. The first-order valence-electron chi connectivity index (χ1n) is 7.43. The number of carbonyl (C=O) groups is 1. The highest BCUT2D eigenvalue weighted by Crippen LogP contribution is 2.19. The number of carbonyl (C=O) groups excluding carboxylic acids is 1. The molecule has 1 rings (SSSR count). The van der Waals surface area contributed by atoms with Crippen molar-refractivity contribution in [2.75, 3.05) is 13.1 Å². The predicted octanol–water partition coefficient (Wildman–Crippen LogP) is 1.21. The maximum Gasteiger partial charge on any atom is 0.410 e. The largest absolute Gasteiger partial charge is 0.446 e. The summed E-state index contributed by atoms with van der Waals surface area (Å²) in [6, 6.07) is -0.198. The van der Waals surface area contributed by atoms with Gasteiger partial charge in [-0.3, -0.25) is 0 Å². The average Bonchev–Trinajstić information content (AvgIpc) is 2.34. The summed E-state index contributed by atoms with van der Waals surface area (Å²) in [6.45, 7) is 6.74. The molecule has 0 bridgehead atoms. The van der Waals surface area contributed by atoms with E-state index in [-0.39, 0.29) is 24.8 Å². The SMILES string of the molecule is CC(C)C[C@@H](C)OC(=O)N1CCCC[C@@H]1CNS(N)(=O)=O. The lowest BCUT2D eigenvalue weighted by molar-refractivity contribution is 0.0417. The summed E-state index contributed by atoms with van der Waals surface area (Å²) >= 11 is 0. The molecule has 2 atom stereocenters. The summed E-state index contributed by atoms with van der Waals surface area (Å²) in [7, 11) is -3.74. The molecule has 0 spiro atoms. The molecule has 0 unspecified atom stereocenters. The summed E-state index contributed by atoms with van der Waals surface area (Å²) < 4.78 is 29.7. The third-order valence-electron chi connectivity index (χ3n) is 3.49. The van der Waals surface area contributed by atoms with Gasteiger partial charge in [0.1, 0.15) is 6.10 Å². The Morgan fingerprint density at radius 2 is 2.05 bits per heavy atom. The van der Waals surface area contributed by atoms with Gasteiger partial charge < -0.3 is 9.64 Å². The molecule has 21 heavy (non-hydrogen) atoms. The highest BCUT2D eigenvalue weighted by atomic mass is 32.2. The van der Waals surface area contributed by atoms with Crippen molar-refractivity contribution in [1.82, 2.24) is 9.62 Å². The Morgan fingerprint density at radius 3 is 2.62 bits per heavy atom. The topological polar surface area (TPSA) is 102 Å². The third kappa shape index (κ3) is 7.10. The van der Waals surface area contributed by atoms with Crippen molar-refractivity contribution in [2.45, 2.75) is 58.6 Å². The minimum Gasteiger partial charge on any atom is -0.446 e. The van der Waals surface area contributed by atoms with Crippen molar-refractivity contribution in [3.05, 3.63) is 0 Å². The minimum atomic E-state index is -3.74. The summed E-state index contributed by atoms with van der Waals surface area (Å²) in [4.78, 5) is 13.8. The summed E-state index contributed by atoms with van der Waals surface area (Å²) in [5, 5.41) is 4.94. The van der Waals surface area contributed by atoms with Gasteiger partial charge in [0.15, 0.2) is 0 Å². The minimum absolute atomic E-state index is 0.131. The molecule has 1 amide bonds. The lowest BCUT2D eigenvalue weighted by Gasteiger charge is -2.35. The molecule has 0 saturated carbocycles. The number of nitrogens with two attached hydrogens (primary N) is 1. The van der Waals surface area contributed by atoms with Crippen LogP contribution in [0.5, 0.6) is 0 Å². The van der Waals surface area contributed by atoms with Crippen LogP contribution in [-0.4, -0.2) is 44.6 Å². The summed E-state index contributed by atoms with van der Waals surface area (Å²) in [5.74, 6) is 0.453. The second-order valence-corrected chi connectivity index (χ2v) is 7.44. The first-order valence-corrected chi connectivity index (χ1v) is 8.98. The molecular weight excluding hydrogens is 294 g/mol. The van der Waals surface area contributed by atoms with Crippen LogP contribution in [0.4, 0.5) is 4.79 Å². The fourth-order valence-corrected chi connectivity index (χ4v) is 3.04. The van der Waals surface area contributed by atoms with Gasteiger partial charge in [-0.2, -0.15) is 8.42 Å². The Morgan fingerprint density at radius 1 is 1.38 bits per heavy atom. The Kier molecular flexibility index (Phi) is 6.89. The maximum atomic E-state index is 12.2. The molecule has 0 aromatic heterocycles. The predicted molar refractivity (Wildman–Crippen MR) is 80.9 cm³/mol. The van der Waals surface area contributed by atoms with E-state index in [9.17, 15) is 13.2 Å². The number of amides is 1. The first-order chi connectivity index (χ1) is 9.69. The van der Waals surface area contributed by atoms with Crippen LogP contribution in [0.15, 0.2) is 0 Å². The molecule has 0 radical (unpaired) electrons. The van der Waals surface area contributed by atoms with Crippen molar-refractivity contribution < 1.29 is 17.9 Å². The Bertz CT molecular complexity index is 439. The number of nitrogens with zero attached hydrogens (tertiary/aromatic N) is 1. The molecule has 0 aliphatic carbocycles. The Labute approximate surface area is 127 Å². The van der Waals surface area contributed by atoms with Crippen molar-refractivity contribution in [3.8, 4) is 0 Å². The first kappa shape index (κ1) is 18.2. The molecule has 124 valence electrons. The number of piperidine rings is 1. The molecule has 3 N–H and O–H groups in total. The molecule has 1 fully saturated rings. The molecule has 1 aliphatic heterocycles. The second kappa shape index (κ2) is 7.95. The van der Waals surface area contributed by atoms with Gasteiger partial charge >= 0.3 is 6.09 Å². The van der Waals surface area contributed by atoms with Crippen LogP contribution in [0.3, 0.4) is 0 Å². The Hall–Kier alpha value is -0.860. The summed E-state index contributed by atoms with van der Waals surface area (Å²) in [6.07, 6.45) is 2.90. The van der Waals surface area contributed by atoms with Gasteiger partial charge in [-0.15, -0.1) is 0 Å². The monoisotopic (exact) mass is 321 g/mol. The van der Waals surface area contributed by atoms with Crippen LogP contribution in [0.1, 0.15) is 46.5 Å². The van der Waals surface area contributed by atoms with Crippen LogP contribution in [0.2, 0.25) is 0 Å². The van der Waals surface area contributed by atoms with Crippen molar-refractivity contribution >= 4 is 16.3 Å². The van der Waals surface area contributed by atoms with Gasteiger partial charge in [-0.05, 0) is 38.5 Å². The summed E-state index contributed by atoms with van der Waals surface area (Å²) in [5.41, 5.74) is 0. The van der Waals surface area contributed by atoms with E-state index in [0.717, 1.165) is 25.7 Å². The molecule has 1 heterocycles. The molecule has 7 nitrogen and oxygen atoms in total. The molecule has 1 saturated heterocycles. The van der Waals surface area contributed by atoms with E-state index >= 15 is 0 Å². The van der Waals surface area contributed by atoms with Crippen LogP contribution >= 0.6 is 0 Å². The third-order valence-corrected chi connectivity index (χ3v) is 4.06. The smallest absolute Gasteiger partial charge is 0.410 e. The molecular formula is C13H27N3O4S. The van der Waals surface area contributed by atoms with Crippen LogP contribution < -0.4 is 9.86 Å². The lowest BCUT2D eigenvalue weighted by Crippen LogP contribution is -2.50. The normalized spacial score (nSPS) is 21.4. The van der Waals surface area contributed by atoms with E-state index in [1.807, 2.05) is 6.92 Å². The van der Waals surface area contributed by atoms with Crippen LogP contribution in [-0.2, 0) is 14.9 Å². The van der Waals surface area contributed by atoms with Gasteiger partial charge in [0.25, 0.3) is 10.2 Å². The number of rotatable bonds is 6. The van der Waals surface area contributed by atoms with Crippen molar-refractivity contribution in [1.29, 1.82) is 0 Å². The number of likely N-dealkylation sites (tertiary alicyclic amines) is 1. The van der Waals surface area contributed by atoms with Gasteiger partial charge in [0.05, 0.1) is 0 Å². The molecule has 1 aliphatic rings. The van der Waals surface area contributed by atoms with Crippen molar-refractivity contribution in [2.24, 2.45) is 11.1 Å². The number of nitrogens with one attached hydrogen (secondary N) is 1. The Balaban J connectivity index is 2.57. The van der Waals surface area contributed by atoms with E-state index in [2.05, 4.69) is 18.6 Å². The second-order valence-electron chi connectivity index (χ2n) is 6.06. The zero-order valence-electron chi connectivity index (χ0n) is 13.0. The van der Waals surface area contributed by atoms with E-state index in [0.29, 0.717) is 12.5 Å². The average molecular weight is 321 g/mol. The fraction of sp³-hybridized carbons (Fsp3) is 0.923. The highest BCUT2D eigenvalue weighted by molar-refractivity contribution is 7.87. The molecule has 0 aromatic rings. The number of hydrogen-bond acceptors (Lipinski definition) is 4. The quantitative estimate of drug-likeness (QED) is 0.767. The van der Waals surface area contributed by atoms with E-state index in [4.69, 9.17) is 9.88 Å². The van der Waals surface area contributed by atoms with Gasteiger partial charge in [-0.1, -0.05) is 13.8 Å². The van der Waals surface area contributed by atoms with E-state index in [1.165, 1.54) is 0 Å². The van der Waals surface area contributed by atoms with E-state index < -0.39 is 10.2 Å². The number of hydrogen-bond donors (Lipinski definition) is 2. The van der Waals surface area contributed by atoms with E-state index in [1.54, 1.807) is 4.90 Å². The van der Waals surface area contributed by atoms with Crippen LogP contribution in [0.25, 0.3) is 0 Å². The van der Waals surface area contributed by atoms with Gasteiger partial charge in [-0.25, -0.2) is 14.7 Å². The lowest BCUT2D eigenvalue weighted by atomic mass is 10.0. The fourth-order valence-electron chi connectivity index (χ4n) is 2.62. The number of ether oxygens (including phenoxy) is 1. The molecule has 0 aromatic carbocycles. The highest BCUT2D eigenvalue weighted by Gasteiger charge is 2.29. The van der Waals surface area contributed by atoms with Gasteiger partial charge in [0, 0.05) is 19.1 Å².